The maximum atomic E-state index is 12.8. The lowest BCUT2D eigenvalue weighted by Crippen LogP contribution is -2.52. The van der Waals surface area contributed by atoms with Gasteiger partial charge in [-0.2, -0.15) is 8.78 Å². The quantitative estimate of drug-likeness (QED) is 0.508. The molecule has 0 saturated carbocycles. The van der Waals surface area contributed by atoms with Gasteiger partial charge in [-0.25, -0.2) is 8.78 Å². The number of nitrogens with one attached hydrogen (secondary N) is 1. The van der Waals surface area contributed by atoms with Gasteiger partial charge in [-0.1, -0.05) is 38.9 Å². The summed E-state index contributed by atoms with van der Waals surface area (Å²) in [4.78, 5) is 12.0. The minimum absolute atomic E-state index is 0.0981. The Morgan fingerprint density at radius 2 is 1.70 bits per heavy atom. The van der Waals surface area contributed by atoms with E-state index < -0.39 is 30.2 Å². The minimum Gasteiger partial charge on any atom is -0.392 e. The molecule has 20 heavy (non-hydrogen) atoms. The number of hydrogen-bond acceptors (Lipinski definition) is 2. The van der Waals surface area contributed by atoms with Crippen molar-refractivity contribution in [3.8, 4) is 0 Å². The monoisotopic (exact) mass is 316 g/mol. The van der Waals surface area contributed by atoms with Gasteiger partial charge < -0.3 is 11.1 Å². The molecule has 0 aliphatic rings. The molecule has 0 fully saturated rings. The number of amides is 1. The van der Waals surface area contributed by atoms with Crippen LogP contribution in [-0.4, -0.2) is 29.8 Å². The van der Waals surface area contributed by atoms with Crippen molar-refractivity contribution in [1.82, 2.24) is 5.32 Å². The molecule has 0 saturated heterocycles. The molecule has 0 rings (SSSR count). The summed E-state index contributed by atoms with van der Waals surface area (Å²) >= 11 is 4.88. The van der Waals surface area contributed by atoms with Crippen LogP contribution in [0.2, 0.25) is 0 Å². The fraction of sp³-hybridized carbons (Fsp3) is 0.833. The van der Waals surface area contributed by atoms with Gasteiger partial charge in [-0.3, -0.25) is 4.79 Å². The lowest BCUT2D eigenvalue weighted by Gasteiger charge is -2.31. The molecule has 1 amide bonds. The molecule has 118 valence electrons. The van der Waals surface area contributed by atoms with Crippen molar-refractivity contribution in [1.29, 1.82) is 0 Å². The van der Waals surface area contributed by atoms with Gasteiger partial charge in [-0.15, -0.1) is 0 Å². The number of nitrogens with two attached hydrogens (primary N) is 1. The van der Waals surface area contributed by atoms with E-state index in [0.717, 1.165) is 0 Å². The second kappa shape index (κ2) is 7.75. The van der Waals surface area contributed by atoms with Crippen LogP contribution in [0.4, 0.5) is 17.6 Å². The number of rotatable bonds is 9. The summed E-state index contributed by atoms with van der Waals surface area (Å²) in [6.45, 7) is 2.16. The van der Waals surface area contributed by atoms with Crippen LogP contribution in [0.25, 0.3) is 0 Å². The fourth-order valence-corrected chi connectivity index (χ4v) is 2.31. The Balaban J connectivity index is 5.02. The van der Waals surface area contributed by atoms with Crippen LogP contribution < -0.4 is 11.1 Å². The molecule has 0 aliphatic carbocycles. The van der Waals surface area contributed by atoms with Gasteiger partial charge in [0, 0.05) is 0 Å². The highest BCUT2D eigenvalue weighted by molar-refractivity contribution is 7.80. The summed E-state index contributed by atoms with van der Waals surface area (Å²) < 4.78 is 49.8. The van der Waals surface area contributed by atoms with E-state index in [4.69, 9.17) is 18.0 Å². The van der Waals surface area contributed by atoms with Crippen LogP contribution in [0.3, 0.4) is 0 Å². The van der Waals surface area contributed by atoms with E-state index in [-0.39, 0.29) is 4.99 Å². The summed E-state index contributed by atoms with van der Waals surface area (Å²) in [5, 5.41) is 1.86. The molecule has 0 heterocycles. The average molecular weight is 316 g/mol. The second-order valence-electron chi connectivity index (χ2n) is 4.69. The zero-order valence-electron chi connectivity index (χ0n) is 11.5. The SMILES string of the molecule is CCCC(CCC)(C(=O)NCC(F)(F)C(F)F)C(N)=S. The number of alkyl halides is 4. The van der Waals surface area contributed by atoms with E-state index >= 15 is 0 Å². The standard InChI is InChI=1S/C12H20F4N2OS/c1-3-5-11(6-4-2,9(17)20)10(19)18-7-12(15,16)8(13)14/h8H,3-7H2,1-2H3,(H2,17,20)(H,18,19). The van der Waals surface area contributed by atoms with Crippen LogP contribution in [0.5, 0.6) is 0 Å². The van der Waals surface area contributed by atoms with Gasteiger partial charge in [0.15, 0.2) is 0 Å². The van der Waals surface area contributed by atoms with Gasteiger partial charge in [-0.05, 0) is 12.8 Å². The van der Waals surface area contributed by atoms with Crippen molar-refractivity contribution in [3.63, 3.8) is 0 Å². The lowest BCUT2D eigenvalue weighted by molar-refractivity contribution is -0.140. The number of thiocarbonyl (C=S) groups is 1. The Labute approximate surface area is 121 Å². The summed E-state index contributed by atoms with van der Waals surface area (Å²) in [6, 6.07) is 0. The molecular weight excluding hydrogens is 296 g/mol. The smallest absolute Gasteiger partial charge is 0.324 e. The third kappa shape index (κ3) is 4.57. The number of halogens is 4. The molecule has 0 radical (unpaired) electrons. The van der Waals surface area contributed by atoms with Crippen LogP contribution in [0, 0.1) is 5.41 Å². The third-order valence-electron chi connectivity index (χ3n) is 3.06. The van der Waals surface area contributed by atoms with Crippen LogP contribution >= 0.6 is 12.2 Å². The van der Waals surface area contributed by atoms with E-state index in [1.165, 1.54) is 0 Å². The van der Waals surface area contributed by atoms with Crippen molar-refractivity contribution in [3.05, 3.63) is 0 Å². The molecule has 3 nitrogen and oxygen atoms in total. The molecule has 0 aromatic rings. The van der Waals surface area contributed by atoms with E-state index in [1.54, 1.807) is 13.8 Å². The minimum atomic E-state index is -4.27. The highest BCUT2D eigenvalue weighted by atomic mass is 32.1. The zero-order chi connectivity index (χ0) is 16.0. The van der Waals surface area contributed by atoms with Crippen molar-refractivity contribution in [2.75, 3.05) is 6.54 Å². The van der Waals surface area contributed by atoms with Crippen molar-refractivity contribution in [2.24, 2.45) is 11.1 Å². The predicted molar refractivity (Wildman–Crippen MR) is 73.0 cm³/mol. The van der Waals surface area contributed by atoms with Gasteiger partial charge in [0.05, 0.1) is 16.9 Å². The van der Waals surface area contributed by atoms with E-state index in [1.807, 2.05) is 5.32 Å². The van der Waals surface area contributed by atoms with Crippen molar-refractivity contribution in [2.45, 2.75) is 51.9 Å². The largest absolute Gasteiger partial charge is 0.392 e. The molecule has 0 atom stereocenters. The summed E-state index contributed by atoms with van der Waals surface area (Å²) in [7, 11) is 0. The van der Waals surface area contributed by atoms with E-state index in [2.05, 4.69) is 0 Å². The Morgan fingerprint density at radius 1 is 1.25 bits per heavy atom. The number of carbonyl (C=O) groups is 1. The summed E-state index contributed by atoms with van der Waals surface area (Å²) in [6.07, 6.45) is -2.12. The first-order valence-corrected chi connectivity index (χ1v) is 6.79. The lowest BCUT2D eigenvalue weighted by atomic mass is 9.78. The van der Waals surface area contributed by atoms with Crippen LogP contribution in [0.1, 0.15) is 39.5 Å². The van der Waals surface area contributed by atoms with Crippen LogP contribution in [0.15, 0.2) is 0 Å². The first-order valence-electron chi connectivity index (χ1n) is 6.38. The predicted octanol–water partition coefficient (Wildman–Crippen LogP) is 2.88. The van der Waals surface area contributed by atoms with Gasteiger partial charge in [0.2, 0.25) is 5.91 Å². The topological polar surface area (TPSA) is 55.1 Å². The molecule has 8 heteroatoms. The number of hydrogen-bond donors (Lipinski definition) is 2. The molecule has 0 aliphatic heterocycles. The zero-order valence-corrected chi connectivity index (χ0v) is 12.3. The van der Waals surface area contributed by atoms with Crippen molar-refractivity contribution < 1.29 is 22.4 Å². The third-order valence-corrected chi connectivity index (χ3v) is 3.45. The van der Waals surface area contributed by atoms with Gasteiger partial charge in [0.25, 0.3) is 0 Å². The Bertz CT molecular complexity index is 344. The van der Waals surface area contributed by atoms with Gasteiger partial charge in [0.1, 0.15) is 0 Å². The molecule has 0 aromatic carbocycles. The normalized spacial score (nSPS) is 12.6. The molecule has 0 unspecified atom stereocenters. The molecule has 0 bridgehead atoms. The molecule has 0 spiro atoms. The maximum absolute atomic E-state index is 12.8. The molecular formula is C12H20F4N2OS. The van der Waals surface area contributed by atoms with E-state index in [0.29, 0.717) is 25.7 Å². The van der Waals surface area contributed by atoms with Gasteiger partial charge >= 0.3 is 12.3 Å². The van der Waals surface area contributed by atoms with E-state index in [9.17, 15) is 22.4 Å². The second-order valence-corrected chi connectivity index (χ2v) is 5.13. The first-order chi connectivity index (χ1) is 9.14. The number of carbonyl (C=O) groups excluding carboxylic acids is 1. The molecule has 3 N–H and O–H groups in total. The highest BCUT2D eigenvalue weighted by Crippen LogP contribution is 2.31. The Hall–Kier alpha value is -0.920. The average Bonchev–Trinajstić information content (AvgIpc) is 2.35. The summed E-state index contributed by atoms with van der Waals surface area (Å²) in [5.41, 5.74) is 4.33. The Kier molecular flexibility index (Phi) is 7.40. The summed E-state index contributed by atoms with van der Waals surface area (Å²) in [5.74, 6) is -5.08. The van der Waals surface area contributed by atoms with Crippen LogP contribution in [-0.2, 0) is 4.79 Å². The highest BCUT2D eigenvalue weighted by Gasteiger charge is 2.44. The van der Waals surface area contributed by atoms with Crippen molar-refractivity contribution >= 4 is 23.1 Å². The Morgan fingerprint density at radius 3 is 2.00 bits per heavy atom. The fourth-order valence-electron chi connectivity index (χ4n) is 2.01. The molecule has 0 aromatic heterocycles. The first kappa shape index (κ1) is 19.1. The maximum Gasteiger partial charge on any atom is 0.324 e.